The fourth-order valence-electron chi connectivity index (χ4n) is 3.67. The molecular formula is C20H28N2O4. The van der Waals surface area contributed by atoms with E-state index >= 15 is 0 Å². The minimum absolute atomic E-state index is 0.257. The molecule has 1 aliphatic rings. The molecule has 0 amide bonds. The Morgan fingerprint density at radius 3 is 2.38 bits per heavy atom. The van der Waals surface area contributed by atoms with Crippen molar-refractivity contribution < 1.29 is 18.7 Å². The lowest BCUT2D eigenvalue weighted by Crippen LogP contribution is -2.28. The maximum Gasteiger partial charge on any atom is 0.164 e. The highest BCUT2D eigenvalue weighted by molar-refractivity contribution is 5.50. The van der Waals surface area contributed by atoms with Gasteiger partial charge in [0, 0.05) is 24.2 Å². The summed E-state index contributed by atoms with van der Waals surface area (Å²) in [6.07, 6.45) is 4.72. The number of rotatable bonds is 6. The Labute approximate surface area is 155 Å². The van der Waals surface area contributed by atoms with Crippen LogP contribution in [-0.2, 0) is 6.54 Å². The number of hydrogen-bond donors (Lipinski definition) is 0. The molecule has 0 saturated carbocycles. The van der Waals surface area contributed by atoms with Gasteiger partial charge >= 0.3 is 0 Å². The zero-order valence-electron chi connectivity index (χ0n) is 16.1. The van der Waals surface area contributed by atoms with Crippen molar-refractivity contribution in [1.29, 1.82) is 0 Å². The Bertz CT molecular complexity index is 729. The van der Waals surface area contributed by atoms with Crippen molar-refractivity contribution in [3.05, 3.63) is 35.2 Å². The van der Waals surface area contributed by atoms with Gasteiger partial charge in [-0.1, -0.05) is 18.0 Å². The van der Waals surface area contributed by atoms with Crippen LogP contribution in [0.25, 0.3) is 0 Å². The minimum atomic E-state index is 0.257. The first kappa shape index (κ1) is 18.6. The predicted octanol–water partition coefficient (Wildman–Crippen LogP) is 4.13. The van der Waals surface area contributed by atoms with E-state index in [1.54, 1.807) is 21.3 Å². The molecule has 0 radical (unpaired) electrons. The van der Waals surface area contributed by atoms with Gasteiger partial charge in [0.15, 0.2) is 11.5 Å². The topological polar surface area (TPSA) is 57.0 Å². The van der Waals surface area contributed by atoms with Gasteiger partial charge in [0.2, 0.25) is 0 Å². The second-order valence-electron chi connectivity index (χ2n) is 6.72. The molecule has 0 aliphatic carbocycles. The average Bonchev–Trinajstić information content (AvgIpc) is 2.95. The number of benzene rings is 1. The van der Waals surface area contributed by atoms with E-state index in [-0.39, 0.29) is 6.04 Å². The summed E-state index contributed by atoms with van der Waals surface area (Å²) in [5, 5.41) is 4.28. The highest BCUT2D eigenvalue weighted by Crippen LogP contribution is 2.37. The first-order valence-corrected chi connectivity index (χ1v) is 9.12. The Kier molecular flexibility index (Phi) is 6.04. The van der Waals surface area contributed by atoms with Gasteiger partial charge in [-0.05, 0) is 32.4 Å². The molecule has 6 heteroatoms. The number of hydrogen-bond acceptors (Lipinski definition) is 6. The molecule has 0 bridgehead atoms. The van der Waals surface area contributed by atoms with Crippen molar-refractivity contribution in [2.75, 3.05) is 27.9 Å². The number of ether oxygens (including phenoxy) is 3. The number of aromatic nitrogens is 1. The molecule has 6 nitrogen and oxygen atoms in total. The van der Waals surface area contributed by atoms with Gasteiger partial charge in [-0.25, -0.2) is 0 Å². The highest BCUT2D eigenvalue weighted by Gasteiger charge is 2.26. The van der Waals surface area contributed by atoms with Crippen molar-refractivity contribution in [3.63, 3.8) is 0 Å². The summed E-state index contributed by atoms with van der Waals surface area (Å²) in [4.78, 5) is 2.47. The molecule has 142 valence electrons. The molecule has 1 aromatic carbocycles. The van der Waals surface area contributed by atoms with Gasteiger partial charge in [0.1, 0.15) is 17.2 Å². The molecule has 3 rings (SSSR count). The first-order valence-electron chi connectivity index (χ1n) is 9.12. The van der Waals surface area contributed by atoms with E-state index < -0.39 is 0 Å². The van der Waals surface area contributed by atoms with Crippen LogP contribution in [0.1, 0.15) is 48.7 Å². The van der Waals surface area contributed by atoms with E-state index in [2.05, 4.69) is 16.1 Å². The normalized spacial score (nSPS) is 18.4. The molecule has 2 heterocycles. The number of methoxy groups -OCH3 is 3. The van der Waals surface area contributed by atoms with Crippen molar-refractivity contribution in [2.24, 2.45) is 0 Å². The quantitative estimate of drug-likeness (QED) is 0.772. The van der Waals surface area contributed by atoms with E-state index in [1.165, 1.54) is 19.3 Å². The van der Waals surface area contributed by atoms with Crippen LogP contribution in [0.5, 0.6) is 17.2 Å². The van der Waals surface area contributed by atoms with Gasteiger partial charge in [-0.3, -0.25) is 4.90 Å². The van der Waals surface area contributed by atoms with Gasteiger partial charge in [-0.15, -0.1) is 0 Å². The molecule has 1 atom stereocenters. The summed E-state index contributed by atoms with van der Waals surface area (Å²) in [5.74, 6) is 3.05. The zero-order chi connectivity index (χ0) is 18.5. The van der Waals surface area contributed by atoms with E-state index in [0.717, 1.165) is 42.3 Å². The van der Waals surface area contributed by atoms with Crippen LogP contribution in [0, 0.1) is 6.92 Å². The van der Waals surface area contributed by atoms with E-state index in [4.69, 9.17) is 18.7 Å². The van der Waals surface area contributed by atoms with Crippen LogP contribution in [0.2, 0.25) is 0 Å². The van der Waals surface area contributed by atoms with Crippen LogP contribution in [-0.4, -0.2) is 37.9 Å². The Morgan fingerprint density at radius 2 is 1.73 bits per heavy atom. The summed E-state index contributed by atoms with van der Waals surface area (Å²) in [6, 6.07) is 6.21. The van der Waals surface area contributed by atoms with Crippen LogP contribution in [0.3, 0.4) is 0 Å². The molecular weight excluding hydrogens is 332 g/mol. The lowest BCUT2D eigenvalue weighted by atomic mass is 10.0. The number of nitrogens with zero attached hydrogens (tertiary/aromatic N) is 2. The van der Waals surface area contributed by atoms with Gasteiger partial charge in [0.05, 0.1) is 27.4 Å². The second kappa shape index (κ2) is 8.45. The summed E-state index contributed by atoms with van der Waals surface area (Å²) in [5.41, 5.74) is 2.10. The van der Waals surface area contributed by atoms with E-state index in [9.17, 15) is 0 Å². The maximum absolute atomic E-state index is 5.61. The predicted molar refractivity (Wildman–Crippen MR) is 99.0 cm³/mol. The largest absolute Gasteiger partial charge is 0.496 e. The number of likely N-dealkylation sites (tertiary alicyclic amines) is 1. The fraction of sp³-hybridized carbons (Fsp3) is 0.550. The molecule has 26 heavy (non-hydrogen) atoms. The lowest BCUT2D eigenvalue weighted by Gasteiger charge is -2.29. The average molecular weight is 360 g/mol. The van der Waals surface area contributed by atoms with Crippen LogP contribution >= 0.6 is 0 Å². The van der Waals surface area contributed by atoms with E-state index in [1.807, 2.05) is 19.1 Å². The van der Waals surface area contributed by atoms with Crippen LogP contribution in [0.4, 0.5) is 0 Å². The molecule has 2 aromatic rings. The van der Waals surface area contributed by atoms with Crippen molar-refractivity contribution in [3.8, 4) is 17.2 Å². The van der Waals surface area contributed by atoms with Crippen molar-refractivity contribution in [1.82, 2.24) is 10.1 Å². The zero-order valence-corrected chi connectivity index (χ0v) is 16.1. The molecule has 0 spiro atoms. The van der Waals surface area contributed by atoms with Crippen LogP contribution in [0.15, 0.2) is 22.7 Å². The lowest BCUT2D eigenvalue weighted by molar-refractivity contribution is 0.181. The Hall–Kier alpha value is -2.21. The smallest absolute Gasteiger partial charge is 0.164 e. The van der Waals surface area contributed by atoms with Gasteiger partial charge < -0.3 is 18.7 Å². The summed E-state index contributed by atoms with van der Waals surface area (Å²) in [6.45, 7) is 3.73. The minimum Gasteiger partial charge on any atom is -0.496 e. The summed E-state index contributed by atoms with van der Waals surface area (Å²) < 4.78 is 21.8. The number of aryl methyl sites for hydroxylation is 1. The molecule has 1 unspecified atom stereocenters. The monoisotopic (exact) mass is 360 g/mol. The van der Waals surface area contributed by atoms with Crippen molar-refractivity contribution in [2.45, 2.75) is 45.2 Å². The maximum atomic E-state index is 5.61. The molecule has 1 saturated heterocycles. The summed E-state index contributed by atoms with van der Waals surface area (Å²) in [7, 11) is 4.97. The second-order valence-corrected chi connectivity index (χ2v) is 6.72. The third-order valence-corrected chi connectivity index (χ3v) is 5.01. The Balaban J connectivity index is 1.91. The SMILES string of the molecule is COc1cc(OC)c(OC)cc1CN1CCCCCC1c1cc(C)on1. The summed E-state index contributed by atoms with van der Waals surface area (Å²) >= 11 is 0. The molecule has 1 fully saturated rings. The van der Waals surface area contributed by atoms with Gasteiger partial charge in [-0.2, -0.15) is 0 Å². The third-order valence-electron chi connectivity index (χ3n) is 5.01. The molecule has 1 aromatic heterocycles. The van der Waals surface area contributed by atoms with Gasteiger partial charge in [0.25, 0.3) is 0 Å². The molecule has 0 N–H and O–H groups in total. The highest BCUT2D eigenvalue weighted by atomic mass is 16.5. The van der Waals surface area contributed by atoms with Crippen molar-refractivity contribution >= 4 is 0 Å². The third kappa shape index (κ3) is 3.96. The Morgan fingerprint density at radius 1 is 1.00 bits per heavy atom. The fourth-order valence-corrected chi connectivity index (χ4v) is 3.67. The molecule has 1 aliphatic heterocycles. The van der Waals surface area contributed by atoms with Crippen LogP contribution < -0.4 is 14.2 Å². The standard InChI is InChI=1S/C20H28N2O4/c1-14-10-16(21-26-14)17-8-6-5-7-9-22(17)13-15-11-19(24-3)20(25-4)12-18(15)23-2/h10-12,17H,5-9,13H2,1-4H3. The van der Waals surface area contributed by atoms with E-state index in [0.29, 0.717) is 11.5 Å². The first-order chi connectivity index (χ1) is 12.7.